The Kier molecular flexibility index (Phi) is 6.91. The predicted molar refractivity (Wildman–Crippen MR) is 43.3 cm³/mol. The minimum atomic E-state index is 0.314. The lowest BCUT2D eigenvalue weighted by Crippen LogP contribution is -2.17. The van der Waals surface area contributed by atoms with E-state index in [2.05, 4.69) is 15.3 Å². The van der Waals surface area contributed by atoms with Crippen LogP contribution in [-0.2, 0) is 4.74 Å². The SMILES string of the molecule is CN(CCOCCN=[N+]=[N-])N=O. The molecule has 0 spiro atoms. The summed E-state index contributed by atoms with van der Waals surface area (Å²) in [5, 5.41) is 7.14. The average Bonchev–Trinajstić information content (AvgIpc) is 2.10. The van der Waals surface area contributed by atoms with Crippen LogP contribution in [0.4, 0.5) is 0 Å². The molecule has 0 aromatic heterocycles. The monoisotopic (exact) mass is 173 g/mol. The highest BCUT2D eigenvalue weighted by molar-refractivity contribution is 4.45. The summed E-state index contributed by atoms with van der Waals surface area (Å²) in [5.41, 5.74) is 7.89. The van der Waals surface area contributed by atoms with E-state index in [0.717, 1.165) is 0 Å². The van der Waals surface area contributed by atoms with Crippen molar-refractivity contribution >= 4 is 0 Å². The van der Waals surface area contributed by atoms with Gasteiger partial charge in [-0.05, 0) is 5.53 Å². The smallest absolute Gasteiger partial charge is 0.0659 e. The van der Waals surface area contributed by atoms with E-state index in [1.807, 2.05) is 0 Å². The maximum absolute atomic E-state index is 9.82. The molecule has 0 aromatic rings. The zero-order chi connectivity index (χ0) is 9.23. The second-order valence-electron chi connectivity index (χ2n) is 2.03. The van der Waals surface area contributed by atoms with Gasteiger partial charge in [-0.1, -0.05) is 5.11 Å². The van der Waals surface area contributed by atoms with Crippen molar-refractivity contribution in [3.8, 4) is 0 Å². The summed E-state index contributed by atoms with van der Waals surface area (Å²) < 4.78 is 5.00. The Morgan fingerprint density at radius 1 is 1.58 bits per heavy atom. The number of hydrogen-bond acceptors (Lipinski definition) is 4. The van der Waals surface area contributed by atoms with Crippen LogP contribution in [0.3, 0.4) is 0 Å². The first-order valence-electron chi connectivity index (χ1n) is 3.44. The van der Waals surface area contributed by atoms with Gasteiger partial charge in [-0.3, -0.25) is 5.01 Å². The molecule has 0 aliphatic heterocycles. The van der Waals surface area contributed by atoms with Gasteiger partial charge in [0.2, 0.25) is 0 Å². The summed E-state index contributed by atoms with van der Waals surface area (Å²) in [6, 6.07) is 0. The first-order chi connectivity index (χ1) is 5.81. The van der Waals surface area contributed by atoms with Crippen LogP contribution in [0, 0.1) is 4.91 Å². The number of rotatable bonds is 7. The molecule has 0 N–H and O–H groups in total. The summed E-state index contributed by atoms with van der Waals surface area (Å²) in [7, 11) is 1.56. The standard InChI is InChI=1S/C5H11N5O2/c1-10(9-11)3-5-12-4-2-7-8-6/h2-5H2,1H3. The lowest BCUT2D eigenvalue weighted by atomic mass is 10.6. The number of ether oxygens (including phenoxy) is 1. The summed E-state index contributed by atoms with van der Waals surface area (Å²) in [6.07, 6.45) is 0. The topological polar surface area (TPSA) is 90.7 Å². The Balaban J connectivity index is 3.10. The molecule has 0 amide bonds. The molecular formula is C5H11N5O2. The Hall–Kier alpha value is -1.33. The average molecular weight is 173 g/mol. The molecule has 12 heavy (non-hydrogen) atoms. The maximum Gasteiger partial charge on any atom is 0.0659 e. The number of hydrogen-bond donors (Lipinski definition) is 0. The van der Waals surface area contributed by atoms with Crippen LogP contribution in [0.5, 0.6) is 0 Å². The van der Waals surface area contributed by atoms with Crippen LogP contribution in [-0.4, -0.2) is 38.4 Å². The van der Waals surface area contributed by atoms with Crippen molar-refractivity contribution in [1.82, 2.24) is 5.01 Å². The second kappa shape index (κ2) is 7.77. The maximum atomic E-state index is 9.82. The van der Waals surface area contributed by atoms with E-state index in [4.69, 9.17) is 10.3 Å². The summed E-state index contributed by atoms with van der Waals surface area (Å²) in [4.78, 5) is 12.4. The minimum absolute atomic E-state index is 0.314. The van der Waals surface area contributed by atoms with Gasteiger partial charge >= 0.3 is 0 Å². The van der Waals surface area contributed by atoms with Crippen LogP contribution in [0.25, 0.3) is 10.4 Å². The van der Waals surface area contributed by atoms with E-state index < -0.39 is 0 Å². The molecule has 0 aliphatic rings. The minimum Gasteiger partial charge on any atom is -0.379 e. The first-order valence-corrected chi connectivity index (χ1v) is 3.44. The normalized spacial score (nSPS) is 8.75. The van der Waals surface area contributed by atoms with Gasteiger partial charge < -0.3 is 4.74 Å². The first kappa shape index (κ1) is 10.7. The van der Waals surface area contributed by atoms with Crippen molar-refractivity contribution in [3.63, 3.8) is 0 Å². The zero-order valence-corrected chi connectivity index (χ0v) is 6.88. The molecule has 7 heteroatoms. The molecule has 0 heterocycles. The van der Waals surface area contributed by atoms with Gasteiger partial charge in [0.25, 0.3) is 0 Å². The molecule has 0 saturated carbocycles. The van der Waals surface area contributed by atoms with Gasteiger partial charge in [0.1, 0.15) is 0 Å². The van der Waals surface area contributed by atoms with Gasteiger partial charge in [0.05, 0.1) is 25.0 Å². The largest absolute Gasteiger partial charge is 0.379 e. The van der Waals surface area contributed by atoms with Crippen molar-refractivity contribution in [1.29, 1.82) is 0 Å². The van der Waals surface area contributed by atoms with E-state index in [1.165, 1.54) is 5.01 Å². The fraction of sp³-hybridized carbons (Fsp3) is 1.00. The van der Waals surface area contributed by atoms with Crippen molar-refractivity contribution < 1.29 is 4.74 Å². The second-order valence-corrected chi connectivity index (χ2v) is 2.03. The van der Waals surface area contributed by atoms with E-state index in [9.17, 15) is 4.91 Å². The van der Waals surface area contributed by atoms with E-state index in [0.29, 0.717) is 26.3 Å². The molecule has 0 fully saturated rings. The Morgan fingerprint density at radius 3 is 2.92 bits per heavy atom. The number of nitroso groups, excluding NO2 is 1. The zero-order valence-electron chi connectivity index (χ0n) is 6.88. The highest BCUT2D eigenvalue weighted by Gasteiger charge is 1.92. The van der Waals surface area contributed by atoms with Crippen LogP contribution < -0.4 is 0 Å². The third-order valence-electron chi connectivity index (χ3n) is 1.10. The number of azide groups is 1. The van der Waals surface area contributed by atoms with Crippen molar-refractivity contribution in [2.75, 3.05) is 33.4 Å². The third kappa shape index (κ3) is 6.79. The van der Waals surface area contributed by atoms with Gasteiger partial charge in [-0.25, -0.2) is 0 Å². The van der Waals surface area contributed by atoms with Crippen LogP contribution in [0.1, 0.15) is 0 Å². The van der Waals surface area contributed by atoms with E-state index >= 15 is 0 Å². The Bertz CT molecular complexity index is 167. The summed E-state index contributed by atoms with van der Waals surface area (Å²) in [5.74, 6) is 0. The predicted octanol–water partition coefficient (Wildman–Crippen LogP) is 0.926. The molecule has 0 atom stereocenters. The lowest BCUT2D eigenvalue weighted by molar-refractivity contribution is 0.118. The molecule has 0 aromatic carbocycles. The van der Waals surface area contributed by atoms with Crippen molar-refractivity contribution in [3.05, 3.63) is 15.3 Å². The molecule has 7 nitrogen and oxygen atoms in total. The molecule has 68 valence electrons. The Labute approximate surface area is 69.9 Å². The molecule has 0 unspecified atom stereocenters. The van der Waals surface area contributed by atoms with Crippen LogP contribution in [0.2, 0.25) is 0 Å². The van der Waals surface area contributed by atoms with Crippen molar-refractivity contribution in [2.45, 2.75) is 0 Å². The number of nitrogens with zero attached hydrogens (tertiary/aromatic N) is 5. The fourth-order valence-corrected chi connectivity index (χ4v) is 0.490. The third-order valence-corrected chi connectivity index (χ3v) is 1.10. The fourth-order valence-electron chi connectivity index (χ4n) is 0.490. The quantitative estimate of drug-likeness (QED) is 0.143. The van der Waals surface area contributed by atoms with Gasteiger partial charge in [-0.15, -0.1) is 4.91 Å². The van der Waals surface area contributed by atoms with Gasteiger partial charge in [-0.2, -0.15) is 0 Å². The van der Waals surface area contributed by atoms with Crippen molar-refractivity contribution in [2.24, 2.45) is 10.4 Å². The lowest BCUT2D eigenvalue weighted by Gasteiger charge is -2.07. The summed E-state index contributed by atoms with van der Waals surface area (Å²) in [6.45, 7) is 1.54. The highest BCUT2D eigenvalue weighted by Crippen LogP contribution is 1.83. The molecular weight excluding hydrogens is 162 g/mol. The molecule has 0 rings (SSSR count). The van der Waals surface area contributed by atoms with E-state index in [1.54, 1.807) is 7.05 Å². The van der Waals surface area contributed by atoms with Crippen LogP contribution in [0.15, 0.2) is 10.4 Å². The molecule has 0 aliphatic carbocycles. The molecule has 0 bridgehead atoms. The van der Waals surface area contributed by atoms with Gasteiger partial charge in [0, 0.05) is 18.5 Å². The van der Waals surface area contributed by atoms with Gasteiger partial charge in [0.15, 0.2) is 0 Å². The molecule has 0 radical (unpaired) electrons. The van der Waals surface area contributed by atoms with Crippen LogP contribution >= 0.6 is 0 Å². The highest BCUT2D eigenvalue weighted by atomic mass is 16.5. The Morgan fingerprint density at radius 2 is 2.33 bits per heavy atom. The number of likely N-dealkylation sites (N-methyl/N-ethyl adjacent to an activating group) is 1. The van der Waals surface area contributed by atoms with E-state index in [-0.39, 0.29) is 0 Å². The molecule has 0 saturated heterocycles. The summed E-state index contributed by atoms with van der Waals surface area (Å²) >= 11 is 0.